The van der Waals surface area contributed by atoms with Crippen LogP contribution in [0.25, 0.3) is 0 Å². The number of amides is 1. The number of hydrogen-bond donors (Lipinski definition) is 0. The maximum atomic E-state index is 12.3. The number of carbonyl (C=O) groups excluding carboxylic acids is 1. The molecule has 0 radical (unpaired) electrons. The molecule has 0 bridgehead atoms. The summed E-state index contributed by atoms with van der Waals surface area (Å²) < 4.78 is 0.854. The predicted octanol–water partition coefficient (Wildman–Crippen LogP) is 2.80. The fraction of sp³-hybridized carbons (Fsp3) is 0.538. The fourth-order valence-corrected chi connectivity index (χ4v) is 4.70. The van der Waals surface area contributed by atoms with E-state index in [1.165, 1.54) is 33.0 Å². The number of aryl methyl sites for hydroxylation is 1. The third-order valence-corrected chi connectivity index (χ3v) is 6.34. The van der Waals surface area contributed by atoms with Gasteiger partial charge in [-0.25, -0.2) is 4.98 Å². The molecule has 112 valence electrons. The zero-order chi connectivity index (χ0) is 14.7. The second-order valence-corrected chi connectivity index (χ2v) is 8.30. The van der Waals surface area contributed by atoms with Crippen molar-refractivity contribution in [2.75, 3.05) is 18.8 Å². The maximum Gasteiger partial charge on any atom is 0.233 e. The van der Waals surface area contributed by atoms with Crippen molar-refractivity contribution in [3.63, 3.8) is 0 Å². The molecular formula is C13H16N4OS3. The number of nitrogens with zero attached hydrogens (tertiary/aromatic N) is 4. The van der Waals surface area contributed by atoms with Crippen molar-refractivity contribution in [3.8, 4) is 0 Å². The Kier molecular flexibility index (Phi) is 4.87. The monoisotopic (exact) mass is 340 g/mol. The van der Waals surface area contributed by atoms with E-state index in [-0.39, 0.29) is 5.91 Å². The van der Waals surface area contributed by atoms with E-state index in [4.69, 9.17) is 0 Å². The summed E-state index contributed by atoms with van der Waals surface area (Å²) in [6, 6.07) is 0. The molecular weight excluding hydrogens is 324 g/mol. The Bertz CT molecular complexity index is 598. The molecule has 0 aromatic carbocycles. The lowest BCUT2D eigenvalue weighted by atomic mass is 9.99. The molecule has 0 spiro atoms. The summed E-state index contributed by atoms with van der Waals surface area (Å²) in [5.74, 6) is 1.03. The standard InChI is InChI=1S/C13H16N4OS3/c1-9-5-14-12(21-9)10-3-2-4-17(6-10)11(18)7-19-13-16-15-8-20-13/h5,8,10H,2-4,6-7H2,1H3. The average molecular weight is 340 g/mol. The first-order chi connectivity index (χ1) is 10.2. The quantitative estimate of drug-likeness (QED) is 0.801. The molecule has 3 rings (SSSR count). The highest BCUT2D eigenvalue weighted by atomic mass is 32.2. The first-order valence-electron chi connectivity index (χ1n) is 6.81. The van der Waals surface area contributed by atoms with Crippen molar-refractivity contribution in [1.29, 1.82) is 0 Å². The van der Waals surface area contributed by atoms with Crippen LogP contribution < -0.4 is 0 Å². The molecule has 1 aliphatic heterocycles. The van der Waals surface area contributed by atoms with E-state index in [1.807, 2.05) is 11.1 Å². The summed E-state index contributed by atoms with van der Waals surface area (Å²) in [7, 11) is 0. The van der Waals surface area contributed by atoms with Crippen LogP contribution in [-0.2, 0) is 4.79 Å². The molecule has 21 heavy (non-hydrogen) atoms. The van der Waals surface area contributed by atoms with Crippen molar-refractivity contribution >= 4 is 40.3 Å². The molecule has 2 aromatic heterocycles. The lowest BCUT2D eigenvalue weighted by Crippen LogP contribution is -2.40. The minimum Gasteiger partial charge on any atom is -0.341 e. The molecule has 0 saturated carbocycles. The van der Waals surface area contributed by atoms with Gasteiger partial charge in [0.05, 0.1) is 10.8 Å². The lowest BCUT2D eigenvalue weighted by Gasteiger charge is -2.31. The molecule has 3 heterocycles. The third kappa shape index (κ3) is 3.81. The van der Waals surface area contributed by atoms with Crippen LogP contribution in [0.5, 0.6) is 0 Å². The van der Waals surface area contributed by atoms with Gasteiger partial charge in [0.1, 0.15) is 5.51 Å². The van der Waals surface area contributed by atoms with E-state index >= 15 is 0 Å². The number of thiazole rings is 1. The lowest BCUT2D eigenvalue weighted by molar-refractivity contribution is -0.129. The van der Waals surface area contributed by atoms with Crippen molar-refractivity contribution in [3.05, 3.63) is 21.6 Å². The van der Waals surface area contributed by atoms with Gasteiger partial charge in [-0.1, -0.05) is 23.1 Å². The van der Waals surface area contributed by atoms with Gasteiger partial charge in [-0.3, -0.25) is 4.79 Å². The third-order valence-electron chi connectivity index (χ3n) is 3.42. The number of piperidine rings is 1. The number of likely N-dealkylation sites (tertiary alicyclic amines) is 1. The summed E-state index contributed by atoms with van der Waals surface area (Å²) in [5.41, 5.74) is 1.69. The molecule has 1 fully saturated rings. The zero-order valence-corrected chi connectivity index (χ0v) is 14.1. The van der Waals surface area contributed by atoms with E-state index in [0.29, 0.717) is 11.7 Å². The minimum absolute atomic E-state index is 0.188. The Hall–Kier alpha value is -0.990. The normalized spacial score (nSPS) is 18.9. The molecule has 2 aromatic rings. The van der Waals surface area contributed by atoms with E-state index < -0.39 is 0 Å². The van der Waals surface area contributed by atoms with Gasteiger partial charge >= 0.3 is 0 Å². The molecule has 1 amide bonds. The van der Waals surface area contributed by atoms with Crippen LogP contribution in [0.1, 0.15) is 28.6 Å². The largest absolute Gasteiger partial charge is 0.341 e. The first-order valence-corrected chi connectivity index (χ1v) is 9.49. The van der Waals surface area contributed by atoms with Crippen molar-refractivity contribution in [2.45, 2.75) is 30.0 Å². The summed E-state index contributed by atoms with van der Waals surface area (Å²) >= 11 is 4.69. The average Bonchev–Trinajstić information content (AvgIpc) is 3.16. The second kappa shape index (κ2) is 6.85. The van der Waals surface area contributed by atoms with Gasteiger partial charge in [0.25, 0.3) is 0 Å². The molecule has 0 N–H and O–H groups in total. The maximum absolute atomic E-state index is 12.3. The van der Waals surface area contributed by atoms with E-state index in [0.717, 1.165) is 30.3 Å². The van der Waals surface area contributed by atoms with Crippen LogP contribution in [0, 0.1) is 6.92 Å². The number of aromatic nitrogens is 3. The first kappa shape index (κ1) is 14.9. The molecule has 1 aliphatic rings. The minimum atomic E-state index is 0.188. The second-order valence-electron chi connectivity index (χ2n) is 4.98. The van der Waals surface area contributed by atoms with Crippen LogP contribution in [0.3, 0.4) is 0 Å². The Balaban J connectivity index is 1.56. The van der Waals surface area contributed by atoms with Crippen LogP contribution in [-0.4, -0.2) is 44.8 Å². The number of thioether (sulfide) groups is 1. The number of rotatable bonds is 4. The van der Waals surface area contributed by atoms with Gasteiger partial charge in [-0.05, 0) is 19.8 Å². The summed E-state index contributed by atoms with van der Waals surface area (Å²) in [6.07, 6.45) is 4.10. The van der Waals surface area contributed by atoms with E-state index in [9.17, 15) is 4.79 Å². The Morgan fingerprint density at radius 3 is 3.19 bits per heavy atom. The van der Waals surface area contributed by atoms with Gasteiger partial charge in [0.2, 0.25) is 5.91 Å². The number of hydrogen-bond acceptors (Lipinski definition) is 7. The zero-order valence-electron chi connectivity index (χ0n) is 11.7. The topological polar surface area (TPSA) is 59.0 Å². The van der Waals surface area contributed by atoms with Gasteiger partial charge in [0, 0.05) is 30.1 Å². The molecule has 5 nitrogen and oxygen atoms in total. The Morgan fingerprint density at radius 1 is 1.57 bits per heavy atom. The summed E-state index contributed by atoms with van der Waals surface area (Å²) in [5, 5.41) is 8.90. The Labute approximate surface area is 135 Å². The van der Waals surface area contributed by atoms with Gasteiger partial charge < -0.3 is 4.90 Å². The van der Waals surface area contributed by atoms with Crippen LogP contribution in [0.2, 0.25) is 0 Å². The van der Waals surface area contributed by atoms with Crippen LogP contribution in [0.4, 0.5) is 0 Å². The molecule has 1 unspecified atom stereocenters. The van der Waals surface area contributed by atoms with Crippen molar-refractivity contribution in [2.24, 2.45) is 0 Å². The fourth-order valence-electron chi connectivity index (χ4n) is 2.41. The van der Waals surface area contributed by atoms with Gasteiger partial charge in [-0.15, -0.1) is 21.5 Å². The predicted molar refractivity (Wildman–Crippen MR) is 86.0 cm³/mol. The van der Waals surface area contributed by atoms with Gasteiger partial charge in [0.15, 0.2) is 4.34 Å². The SMILES string of the molecule is Cc1cnc(C2CCCN(C(=O)CSc3nncs3)C2)s1. The van der Waals surface area contributed by atoms with E-state index in [1.54, 1.807) is 16.8 Å². The Morgan fingerprint density at radius 2 is 2.48 bits per heavy atom. The summed E-state index contributed by atoms with van der Waals surface area (Å²) in [6.45, 7) is 3.73. The molecule has 1 saturated heterocycles. The highest BCUT2D eigenvalue weighted by Crippen LogP contribution is 2.30. The number of carbonyl (C=O) groups is 1. The van der Waals surface area contributed by atoms with E-state index in [2.05, 4.69) is 22.1 Å². The van der Waals surface area contributed by atoms with Crippen LogP contribution >= 0.6 is 34.4 Å². The highest BCUT2D eigenvalue weighted by molar-refractivity contribution is 8.01. The smallest absolute Gasteiger partial charge is 0.233 e. The van der Waals surface area contributed by atoms with Crippen LogP contribution in [0.15, 0.2) is 16.0 Å². The molecule has 1 atom stereocenters. The highest BCUT2D eigenvalue weighted by Gasteiger charge is 2.26. The van der Waals surface area contributed by atoms with Gasteiger partial charge in [-0.2, -0.15) is 0 Å². The molecule has 0 aliphatic carbocycles. The summed E-state index contributed by atoms with van der Waals surface area (Å²) in [4.78, 5) is 20.0. The van der Waals surface area contributed by atoms with Crippen molar-refractivity contribution in [1.82, 2.24) is 20.1 Å². The van der Waals surface area contributed by atoms with Crippen molar-refractivity contribution < 1.29 is 4.79 Å². The molecule has 8 heteroatoms.